The summed E-state index contributed by atoms with van der Waals surface area (Å²) in [5.74, 6) is 0.980. The predicted molar refractivity (Wildman–Crippen MR) is 92.8 cm³/mol. The highest BCUT2D eigenvalue weighted by atomic mass is 16.5. The van der Waals surface area contributed by atoms with E-state index in [1.165, 1.54) is 37.7 Å². The second kappa shape index (κ2) is 6.49. The summed E-state index contributed by atoms with van der Waals surface area (Å²) in [5, 5.41) is 7.31. The molecule has 3 rings (SSSR count). The van der Waals surface area contributed by atoms with Crippen LogP contribution in [0.1, 0.15) is 58.4 Å². The molecule has 1 fully saturated rings. The minimum atomic E-state index is -0.121. The summed E-state index contributed by atoms with van der Waals surface area (Å²) in [6.45, 7) is 7.40. The number of hydrogen-bond donors (Lipinski definition) is 2. The number of anilines is 1. The normalized spacial score (nSPS) is 22.3. The molecule has 0 saturated heterocycles. The molecule has 0 aromatic heterocycles. The van der Waals surface area contributed by atoms with Crippen LogP contribution >= 0.6 is 0 Å². The van der Waals surface area contributed by atoms with Crippen LogP contribution in [0.25, 0.3) is 0 Å². The van der Waals surface area contributed by atoms with E-state index in [4.69, 9.17) is 4.74 Å². The molecule has 1 aliphatic carbocycles. The molecule has 1 aromatic rings. The highest BCUT2D eigenvalue weighted by molar-refractivity contribution is 5.60. The monoisotopic (exact) mass is 302 g/mol. The molecule has 2 N–H and O–H groups in total. The van der Waals surface area contributed by atoms with Crippen molar-refractivity contribution in [3.8, 4) is 5.75 Å². The fourth-order valence-electron chi connectivity index (χ4n) is 3.66. The number of fused-ring (bicyclic) bond motifs is 1. The van der Waals surface area contributed by atoms with Crippen molar-refractivity contribution in [1.82, 2.24) is 5.32 Å². The van der Waals surface area contributed by atoms with E-state index in [2.05, 4.69) is 49.6 Å². The van der Waals surface area contributed by atoms with Crippen molar-refractivity contribution in [3.05, 3.63) is 23.8 Å². The van der Waals surface area contributed by atoms with Gasteiger partial charge in [0.1, 0.15) is 11.4 Å². The number of benzene rings is 1. The van der Waals surface area contributed by atoms with Gasteiger partial charge in [0.25, 0.3) is 0 Å². The maximum Gasteiger partial charge on any atom is 0.143 e. The molecule has 22 heavy (non-hydrogen) atoms. The van der Waals surface area contributed by atoms with Gasteiger partial charge in [0.05, 0.1) is 12.2 Å². The predicted octanol–water partition coefficient (Wildman–Crippen LogP) is 4.12. The van der Waals surface area contributed by atoms with Crippen molar-refractivity contribution in [2.75, 3.05) is 11.9 Å². The lowest BCUT2D eigenvalue weighted by atomic mass is 9.94. The van der Waals surface area contributed by atoms with Crippen molar-refractivity contribution >= 4 is 5.69 Å². The van der Waals surface area contributed by atoms with E-state index >= 15 is 0 Å². The third-order valence-corrected chi connectivity index (χ3v) is 4.80. The Kier molecular flexibility index (Phi) is 4.62. The van der Waals surface area contributed by atoms with E-state index in [-0.39, 0.29) is 5.60 Å². The molecule has 1 aromatic carbocycles. The standard InChI is InChI=1S/C19H30N2O/c1-14(21-16-7-5-4-6-8-16)11-15-9-10-18-17(12-15)20-13-19(2,3)22-18/h9-10,12,14,16,20-21H,4-8,11,13H2,1-3H3. The van der Waals surface area contributed by atoms with Crippen LogP contribution in [0.3, 0.4) is 0 Å². The molecule has 0 radical (unpaired) electrons. The van der Waals surface area contributed by atoms with Crippen LogP contribution in [0.2, 0.25) is 0 Å². The van der Waals surface area contributed by atoms with Gasteiger partial charge >= 0.3 is 0 Å². The molecule has 1 heterocycles. The first-order valence-corrected chi connectivity index (χ1v) is 8.84. The van der Waals surface area contributed by atoms with E-state index in [0.29, 0.717) is 6.04 Å². The summed E-state index contributed by atoms with van der Waals surface area (Å²) in [7, 11) is 0. The Morgan fingerprint density at radius 2 is 2.05 bits per heavy atom. The van der Waals surface area contributed by atoms with Gasteiger partial charge in [-0.1, -0.05) is 25.3 Å². The topological polar surface area (TPSA) is 33.3 Å². The second-order valence-corrected chi connectivity index (χ2v) is 7.65. The first-order chi connectivity index (χ1) is 10.5. The summed E-state index contributed by atoms with van der Waals surface area (Å²) in [6, 6.07) is 7.84. The highest BCUT2D eigenvalue weighted by Gasteiger charge is 2.26. The highest BCUT2D eigenvalue weighted by Crippen LogP contribution is 2.33. The second-order valence-electron chi connectivity index (χ2n) is 7.65. The largest absolute Gasteiger partial charge is 0.484 e. The maximum absolute atomic E-state index is 6.02. The average Bonchev–Trinajstić information content (AvgIpc) is 2.48. The summed E-state index contributed by atoms with van der Waals surface area (Å²) in [4.78, 5) is 0. The molecule has 1 aliphatic heterocycles. The lowest BCUT2D eigenvalue weighted by Gasteiger charge is -2.34. The Labute approximate surface area is 134 Å². The van der Waals surface area contributed by atoms with Crippen molar-refractivity contribution in [2.24, 2.45) is 0 Å². The minimum absolute atomic E-state index is 0.121. The Bertz CT molecular complexity index is 506. The minimum Gasteiger partial charge on any atom is -0.484 e. The quantitative estimate of drug-likeness (QED) is 0.877. The molecular weight excluding hydrogens is 272 g/mol. The van der Waals surface area contributed by atoms with Crippen LogP contribution in [0.5, 0.6) is 5.75 Å². The molecule has 1 saturated carbocycles. The van der Waals surface area contributed by atoms with Crippen molar-refractivity contribution < 1.29 is 4.74 Å². The summed E-state index contributed by atoms with van der Waals surface area (Å²) in [5.41, 5.74) is 2.40. The van der Waals surface area contributed by atoms with Crippen LogP contribution in [-0.4, -0.2) is 24.2 Å². The first-order valence-electron chi connectivity index (χ1n) is 8.84. The van der Waals surface area contributed by atoms with Crippen LogP contribution < -0.4 is 15.4 Å². The van der Waals surface area contributed by atoms with Gasteiger partial charge in [-0.05, 0) is 57.7 Å². The van der Waals surface area contributed by atoms with Gasteiger partial charge in [-0.2, -0.15) is 0 Å². The van der Waals surface area contributed by atoms with E-state index in [0.717, 1.165) is 30.4 Å². The van der Waals surface area contributed by atoms with Gasteiger partial charge in [-0.25, -0.2) is 0 Å². The van der Waals surface area contributed by atoms with Crippen molar-refractivity contribution in [1.29, 1.82) is 0 Å². The van der Waals surface area contributed by atoms with Crippen molar-refractivity contribution in [2.45, 2.75) is 77.0 Å². The number of ether oxygens (including phenoxy) is 1. The Morgan fingerprint density at radius 3 is 2.82 bits per heavy atom. The zero-order chi connectivity index (χ0) is 15.6. The Hall–Kier alpha value is -1.22. The third-order valence-electron chi connectivity index (χ3n) is 4.80. The smallest absolute Gasteiger partial charge is 0.143 e. The molecule has 0 bridgehead atoms. The van der Waals surface area contributed by atoms with Gasteiger partial charge < -0.3 is 15.4 Å². The summed E-state index contributed by atoms with van der Waals surface area (Å²) < 4.78 is 6.02. The summed E-state index contributed by atoms with van der Waals surface area (Å²) in [6.07, 6.45) is 7.97. The van der Waals surface area contributed by atoms with Crippen LogP contribution in [0.4, 0.5) is 5.69 Å². The number of hydrogen-bond acceptors (Lipinski definition) is 3. The number of rotatable bonds is 4. The molecule has 1 atom stereocenters. The van der Waals surface area contributed by atoms with Gasteiger partial charge in [-0.15, -0.1) is 0 Å². The molecule has 3 nitrogen and oxygen atoms in total. The van der Waals surface area contributed by atoms with Gasteiger partial charge in [-0.3, -0.25) is 0 Å². The Balaban J connectivity index is 1.58. The molecular formula is C19H30N2O. The SMILES string of the molecule is CC(Cc1ccc2c(c1)NCC(C)(C)O2)NC1CCCCC1. The molecule has 122 valence electrons. The zero-order valence-corrected chi connectivity index (χ0v) is 14.2. The van der Waals surface area contributed by atoms with E-state index in [1.807, 2.05) is 0 Å². The summed E-state index contributed by atoms with van der Waals surface area (Å²) >= 11 is 0. The fourth-order valence-corrected chi connectivity index (χ4v) is 3.66. The van der Waals surface area contributed by atoms with E-state index < -0.39 is 0 Å². The third kappa shape index (κ3) is 3.95. The first kappa shape index (κ1) is 15.7. The molecule has 2 aliphatic rings. The molecule has 3 heteroatoms. The fraction of sp³-hybridized carbons (Fsp3) is 0.684. The van der Waals surface area contributed by atoms with Crippen LogP contribution in [0.15, 0.2) is 18.2 Å². The van der Waals surface area contributed by atoms with Gasteiger partial charge in [0.2, 0.25) is 0 Å². The molecule has 1 unspecified atom stereocenters. The molecule has 0 amide bonds. The number of nitrogens with one attached hydrogen (secondary N) is 2. The van der Waals surface area contributed by atoms with E-state index in [1.54, 1.807) is 0 Å². The lowest BCUT2D eigenvalue weighted by molar-refractivity contribution is 0.116. The molecule has 0 spiro atoms. The zero-order valence-electron chi connectivity index (χ0n) is 14.2. The average molecular weight is 302 g/mol. The van der Waals surface area contributed by atoms with Gasteiger partial charge in [0, 0.05) is 12.1 Å². The maximum atomic E-state index is 6.02. The Morgan fingerprint density at radius 1 is 1.27 bits per heavy atom. The van der Waals surface area contributed by atoms with Crippen LogP contribution in [0, 0.1) is 0 Å². The lowest BCUT2D eigenvalue weighted by Crippen LogP contribution is -2.40. The van der Waals surface area contributed by atoms with Crippen LogP contribution in [-0.2, 0) is 6.42 Å². The van der Waals surface area contributed by atoms with Gasteiger partial charge in [0.15, 0.2) is 0 Å². The van der Waals surface area contributed by atoms with Crippen molar-refractivity contribution in [3.63, 3.8) is 0 Å². The van der Waals surface area contributed by atoms with E-state index in [9.17, 15) is 0 Å².